The number of carboxylic acid groups (broad SMARTS) is 1. The van der Waals surface area contributed by atoms with Crippen LogP contribution < -0.4 is 5.32 Å². The van der Waals surface area contributed by atoms with Gasteiger partial charge in [0.05, 0.1) is 5.92 Å². The van der Waals surface area contributed by atoms with E-state index in [1.54, 1.807) is 11.3 Å². The average Bonchev–Trinajstić information content (AvgIpc) is 2.58. The Hall–Kier alpha value is -0.390. The Balaban J connectivity index is 2.29. The Morgan fingerprint density at radius 1 is 1.73 bits per heavy atom. The van der Waals surface area contributed by atoms with Gasteiger partial charge in [-0.05, 0) is 28.4 Å². The fourth-order valence-corrected chi connectivity index (χ4v) is 2.64. The zero-order chi connectivity index (χ0) is 11.3. The van der Waals surface area contributed by atoms with E-state index in [9.17, 15) is 4.79 Å². The van der Waals surface area contributed by atoms with Crippen LogP contribution in [0.1, 0.15) is 18.2 Å². The van der Waals surface area contributed by atoms with E-state index in [1.165, 1.54) is 4.88 Å². The van der Waals surface area contributed by atoms with Crippen LogP contribution in [0.3, 0.4) is 0 Å². The van der Waals surface area contributed by atoms with Crippen LogP contribution in [0.15, 0.2) is 15.9 Å². The molecule has 5 heteroatoms. The van der Waals surface area contributed by atoms with Gasteiger partial charge in [-0.1, -0.05) is 6.92 Å². The highest BCUT2D eigenvalue weighted by Gasteiger charge is 2.13. The van der Waals surface area contributed by atoms with Gasteiger partial charge in [0.15, 0.2) is 0 Å². The number of rotatable bonds is 6. The van der Waals surface area contributed by atoms with Crippen LogP contribution >= 0.6 is 27.3 Å². The molecule has 0 spiro atoms. The smallest absolute Gasteiger partial charge is 0.307 e. The van der Waals surface area contributed by atoms with E-state index in [0.29, 0.717) is 13.0 Å². The summed E-state index contributed by atoms with van der Waals surface area (Å²) in [7, 11) is 0. The third kappa shape index (κ3) is 4.32. The molecule has 1 aromatic heterocycles. The molecular weight excluding hydrogens is 278 g/mol. The highest BCUT2D eigenvalue weighted by Crippen LogP contribution is 2.19. The van der Waals surface area contributed by atoms with Crippen molar-refractivity contribution in [2.45, 2.75) is 19.9 Å². The SMILES string of the molecule is CCC(CNCc1cc(Br)cs1)C(=O)O. The summed E-state index contributed by atoms with van der Waals surface area (Å²) in [5.74, 6) is -1.01. The van der Waals surface area contributed by atoms with Crippen molar-refractivity contribution >= 4 is 33.2 Å². The van der Waals surface area contributed by atoms with E-state index >= 15 is 0 Å². The van der Waals surface area contributed by atoms with E-state index in [1.807, 2.05) is 18.4 Å². The molecule has 0 aliphatic rings. The number of halogens is 1. The number of carboxylic acids is 1. The Labute approximate surface area is 102 Å². The van der Waals surface area contributed by atoms with Crippen molar-refractivity contribution < 1.29 is 9.90 Å². The van der Waals surface area contributed by atoms with Crippen molar-refractivity contribution in [3.8, 4) is 0 Å². The second-order valence-electron chi connectivity index (χ2n) is 3.31. The second-order valence-corrected chi connectivity index (χ2v) is 5.22. The first-order valence-corrected chi connectivity index (χ1v) is 6.47. The molecule has 84 valence electrons. The topological polar surface area (TPSA) is 49.3 Å². The summed E-state index contributed by atoms with van der Waals surface area (Å²) >= 11 is 5.04. The van der Waals surface area contributed by atoms with Gasteiger partial charge in [-0.25, -0.2) is 0 Å². The summed E-state index contributed by atoms with van der Waals surface area (Å²) in [6, 6.07) is 2.04. The van der Waals surface area contributed by atoms with Gasteiger partial charge < -0.3 is 10.4 Å². The second kappa shape index (κ2) is 6.25. The molecule has 0 fully saturated rings. The quantitative estimate of drug-likeness (QED) is 0.847. The highest BCUT2D eigenvalue weighted by molar-refractivity contribution is 9.10. The zero-order valence-corrected chi connectivity index (χ0v) is 10.9. The first-order chi connectivity index (χ1) is 7.13. The van der Waals surface area contributed by atoms with Gasteiger partial charge >= 0.3 is 5.97 Å². The normalized spacial score (nSPS) is 12.7. The van der Waals surface area contributed by atoms with E-state index in [0.717, 1.165) is 11.0 Å². The molecule has 1 heterocycles. The van der Waals surface area contributed by atoms with Crippen LogP contribution in [0.4, 0.5) is 0 Å². The van der Waals surface area contributed by atoms with Gasteiger partial charge in [-0.2, -0.15) is 0 Å². The first-order valence-electron chi connectivity index (χ1n) is 4.80. The average molecular weight is 292 g/mol. The largest absolute Gasteiger partial charge is 0.481 e. The summed E-state index contributed by atoms with van der Waals surface area (Å²) in [5.41, 5.74) is 0. The number of thiophene rings is 1. The summed E-state index contributed by atoms with van der Waals surface area (Å²) in [4.78, 5) is 11.9. The van der Waals surface area contributed by atoms with E-state index in [4.69, 9.17) is 5.11 Å². The lowest BCUT2D eigenvalue weighted by molar-refractivity contribution is -0.141. The minimum atomic E-state index is -0.725. The molecule has 1 rings (SSSR count). The number of carbonyl (C=O) groups is 1. The standard InChI is InChI=1S/C10H14BrNO2S/c1-2-7(10(13)14)4-12-5-9-3-8(11)6-15-9/h3,6-7,12H,2,4-5H2,1H3,(H,13,14). The highest BCUT2D eigenvalue weighted by atomic mass is 79.9. The molecule has 0 saturated heterocycles. The minimum absolute atomic E-state index is 0.284. The fraction of sp³-hybridized carbons (Fsp3) is 0.500. The Morgan fingerprint density at radius 2 is 2.47 bits per heavy atom. The number of aliphatic carboxylic acids is 1. The summed E-state index contributed by atoms with van der Waals surface area (Å²) in [5, 5.41) is 14.0. The number of hydrogen-bond donors (Lipinski definition) is 2. The maximum absolute atomic E-state index is 10.7. The molecule has 0 aromatic carbocycles. The van der Waals surface area contributed by atoms with Gasteiger partial charge in [0, 0.05) is 27.8 Å². The molecule has 0 aliphatic carbocycles. The maximum Gasteiger partial charge on any atom is 0.307 e. The number of hydrogen-bond acceptors (Lipinski definition) is 3. The van der Waals surface area contributed by atoms with Gasteiger partial charge in [-0.15, -0.1) is 11.3 Å². The lowest BCUT2D eigenvalue weighted by atomic mass is 10.1. The Bertz CT molecular complexity index is 327. The van der Waals surface area contributed by atoms with Gasteiger partial charge in [0.2, 0.25) is 0 Å². The van der Waals surface area contributed by atoms with Crippen LogP contribution in [0.25, 0.3) is 0 Å². The fourth-order valence-electron chi connectivity index (χ4n) is 1.22. The predicted octanol–water partition coefficient (Wildman–Crippen LogP) is 2.71. The number of nitrogens with one attached hydrogen (secondary N) is 1. The predicted molar refractivity (Wildman–Crippen MR) is 65.1 cm³/mol. The Morgan fingerprint density at radius 3 is 2.93 bits per heavy atom. The molecule has 0 saturated carbocycles. The third-order valence-corrected chi connectivity index (χ3v) is 3.85. The van der Waals surface area contributed by atoms with Crippen LogP contribution in [0.5, 0.6) is 0 Å². The molecule has 0 aliphatic heterocycles. The molecule has 1 unspecified atom stereocenters. The molecule has 0 bridgehead atoms. The molecule has 2 N–H and O–H groups in total. The summed E-state index contributed by atoms with van der Waals surface area (Å²) in [6.07, 6.45) is 0.663. The molecule has 0 amide bonds. The van der Waals surface area contributed by atoms with Crippen molar-refractivity contribution in [1.82, 2.24) is 5.32 Å². The monoisotopic (exact) mass is 291 g/mol. The van der Waals surface area contributed by atoms with E-state index < -0.39 is 5.97 Å². The summed E-state index contributed by atoms with van der Waals surface area (Å²) < 4.78 is 1.08. The maximum atomic E-state index is 10.7. The van der Waals surface area contributed by atoms with E-state index in [-0.39, 0.29) is 5.92 Å². The van der Waals surface area contributed by atoms with Crippen LogP contribution in [-0.4, -0.2) is 17.6 Å². The molecule has 0 radical (unpaired) electrons. The van der Waals surface area contributed by atoms with Gasteiger partial charge in [0.1, 0.15) is 0 Å². The van der Waals surface area contributed by atoms with Gasteiger partial charge in [-0.3, -0.25) is 4.79 Å². The van der Waals surface area contributed by atoms with Gasteiger partial charge in [0.25, 0.3) is 0 Å². The van der Waals surface area contributed by atoms with Crippen molar-refractivity contribution in [2.24, 2.45) is 5.92 Å². The molecule has 1 aromatic rings. The molecule has 1 atom stereocenters. The lowest BCUT2D eigenvalue weighted by Crippen LogP contribution is -2.27. The lowest BCUT2D eigenvalue weighted by Gasteiger charge is -2.09. The van der Waals surface area contributed by atoms with Crippen molar-refractivity contribution in [3.63, 3.8) is 0 Å². The van der Waals surface area contributed by atoms with Crippen LogP contribution in [-0.2, 0) is 11.3 Å². The Kier molecular flexibility index (Phi) is 5.28. The van der Waals surface area contributed by atoms with Crippen LogP contribution in [0, 0.1) is 5.92 Å². The first kappa shape index (κ1) is 12.7. The molecule has 15 heavy (non-hydrogen) atoms. The van der Waals surface area contributed by atoms with E-state index in [2.05, 4.69) is 21.2 Å². The van der Waals surface area contributed by atoms with Crippen molar-refractivity contribution in [1.29, 1.82) is 0 Å². The van der Waals surface area contributed by atoms with Crippen LogP contribution in [0.2, 0.25) is 0 Å². The third-order valence-electron chi connectivity index (χ3n) is 2.15. The van der Waals surface area contributed by atoms with Crippen molar-refractivity contribution in [2.75, 3.05) is 6.54 Å². The summed E-state index contributed by atoms with van der Waals surface area (Å²) in [6.45, 7) is 3.16. The van der Waals surface area contributed by atoms with Crippen molar-refractivity contribution in [3.05, 3.63) is 20.8 Å². The minimum Gasteiger partial charge on any atom is -0.481 e. The molecule has 3 nitrogen and oxygen atoms in total. The zero-order valence-electron chi connectivity index (χ0n) is 8.50. The molecular formula is C10H14BrNO2S.